The summed E-state index contributed by atoms with van der Waals surface area (Å²) in [6.07, 6.45) is 2.11. The van der Waals surface area contributed by atoms with E-state index in [0.717, 1.165) is 18.6 Å². The van der Waals surface area contributed by atoms with Gasteiger partial charge in [0.1, 0.15) is 0 Å². The molecule has 0 aromatic heterocycles. The Morgan fingerprint density at radius 3 is 1.48 bits per heavy atom. The molecule has 140 valence electrons. The van der Waals surface area contributed by atoms with Gasteiger partial charge in [-0.05, 0) is 39.9 Å². The lowest BCUT2D eigenvalue weighted by Gasteiger charge is -2.31. The second kappa shape index (κ2) is 12.9. The van der Waals surface area contributed by atoms with Crippen molar-refractivity contribution in [2.45, 2.75) is 52.9 Å². The third-order valence-corrected chi connectivity index (χ3v) is 10.5. The zero-order valence-electron chi connectivity index (χ0n) is 15.0. The van der Waals surface area contributed by atoms with Crippen LogP contribution in [0.1, 0.15) is 47.5 Å². The summed E-state index contributed by atoms with van der Waals surface area (Å²) < 4.78 is 48.0. The third kappa shape index (κ3) is 8.04. The summed E-state index contributed by atoms with van der Waals surface area (Å²) >= 11 is 1.58. The lowest BCUT2D eigenvalue weighted by Crippen LogP contribution is -2.20. The monoisotopic (exact) mass is 390 g/mol. The number of hydrogen-bond donors (Lipinski definition) is 0. The quantitative estimate of drug-likeness (QED) is 0.275. The van der Waals surface area contributed by atoms with E-state index in [4.69, 9.17) is 18.1 Å². The molecule has 9 heteroatoms. The highest BCUT2D eigenvalue weighted by molar-refractivity contribution is 8.00. The van der Waals surface area contributed by atoms with Gasteiger partial charge in [0.15, 0.2) is 5.40 Å². The van der Waals surface area contributed by atoms with Gasteiger partial charge in [0.2, 0.25) is 0 Å². The summed E-state index contributed by atoms with van der Waals surface area (Å²) in [6.45, 7) is 9.90. The molecule has 0 saturated heterocycles. The summed E-state index contributed by atoms with van der Waals surface area (Å²) in [6, 6.07) is 0. The van der Waals surface area contributed by atoms with E-state index < -0.39 is 20.6 Å². The Morgan fingerprint density at radius 2 is 1.17 bits per heavy atom. The van der Waals surface area contributed by atoms with Gasteiger partial charge >= 0.3 is 15.2 Å². The molecule has 0 unspecified atom stereocenters. The van der Waals surface area contributed by atoms with Gasteiger partial charge in [0.05, 0.1) is 26.4 Å². The lowest BCUT2D eigenvalue weighted by atomic mass is 10.4. The first-order chi connectivity index (χ1) is 10.9. The highest BCUT2D eigenvalue weighted by Crippen LogP contribution is 2.70. The molecule has 23 heavy (non-hydrogen) atoms. The van der Waals surface area contributed by atoms with Gasteiger partial charge in [0.25, 0.3) is 0 Å². The van der Waals surface area contributed by atoms with Gasteiger partial charge in [-0.3, -0.25) is 9.13 Å². The highest BCUT2D eigenvalue weighted by Gasteiger charge is 2.50. The Labute approximate surface area is 145 Å². The van der Waals surface area contributed by atoms with Crippen molar-refractivity contribution in [3.63, 3.8) is 0 Å². The normalized spacial score (nSPS) is 13.0. The van der Waals surface area contributed by atoms with Gasteiger partial charge < -0.3 is 18.1 Å². The summed E-state index contributed by atoms with van der Waals surface area (Å²) in [5.41, 5.74) is 0. The molecule has 0 radical (unpaired) electrons. The average Bonchev–Trinajstić information content (AvgIpc) is 2.47. The summed E-state index contributed by atoms with van der Waals surface area (Å²) in [4.78, 5) is 0. The minimum atomic E-state index is -3.59. The van der Waals surface area contributed by atoms with E-state index in [9.17, 15) is 9.13 Å². The molecule has 0 saturated carbocycles. The van der Waals surface area contributed by atoms with Crippen molar-refractivity contribution >= 4 is 27.0 Å². The minimum absolute atomic E-state index is 0.214. The molecule has 0 amide bonds. The van der Waals surface area contributed by atoms with Crippen LogP contribution in [0.4, 0.5) is 0 Å². The van der Waals surface area contributed by atoms with Crippen molar-refractivity contribution in [1.29, 1.82) is 0 Å². The highest BCUT2D eigenvalue weighted by atomic mass is 32.2. The van der Waals surface area contributed by atoms with Gasteiger partial charge in [-0.15, -0.1) is 0 Å². The molecule has 0 heterocycles. The van der Waals surface area contributed by atoms with E-state index in [1.807, 2.05) is 0 Å². The van der Waals surface area contributed by atoms with Crippen molar-refractivity contribution < 1.29 is 27.2 Å². The van der Waals surface area contributed by atoms with Crippen LogP contribution in [0.25, 0.3) is 0 Å². The predicted molar refractivity (Wildman–Crippen MR) is 97.7 cm³/mol. The first-order valence-electron chi connectivity index (χ1n) is 8.29. The van der Waals surface area contributed by atoms with E-state index in [1.165, 1.54) is 0 Å². The Balaban J connectivity index is 5.47. The second-order valence-electron chi connectivity index (χ2n) is 4.66. The second-order valence-corrected chi connectivity index (χ2v) is 10.7. The van der Waals surface area contributed by atoms with E-state index >= 15 is 0 Å². The Morgan fingerprint density at radius 1 is 0.783 bits per heavy atom. The first kappa shape index (κ1) is 23.6. The SMILES string of the molecule is CCCCSCC(P(=O)(OCC)OCC)P(=O)(OCC)OCC. The average molecular weight is 390 g/mol. The molecular formula is C14H32O6P2S. The third-order valence-electron chi connectivity index (χ3n) is 2.88. The largest absolute Gasteiger partial charge is 0.346 e. The first-order valence-corrected chi connectivity index (χ1v) is 12.7. The van der Waals surface area contributed by atoms with Crippen molar-refractivity contribution in [3.8, 4) is 0 Å². The minimum Gasteiger partial charge on any atom is -0.308 e. The molecule has 0 aliphatic carbocycles. The zero-order chi connectivity index (χ0) is 17.8. The number of hydrogen-bond acceptors (Lipinski definition) is 7. The molecule has 0 aliphatic rings. The molecule has 0 N–H and O–H groups in total. The molecule has 0 aromatic rings. The van der Waals surface area contributed by atoms with Crippen LogP contribution < -0.4 is 0 Å². The molecule has 0 aliphatic heterocycles. The topological polar surface area (TPSA) is 71.1 Å². The fourth-order valence-corrected chi connectivity index (χ4v) is 9.36. The summed E-state index contributed by atoms with van der Waals surface area (Å²) in [7, 11) is -7.19. The Kier molecular flexibility index (Phi) is 13.3. The fourth-order valence-electron chi connectivity index (χ4n) is 1.93. The van der Waals surface area contributed by atoms with Crippen LogP contribution in [0.2, 0.25) is 0 Å². The van der Waals surface area contributed by atoms with Crippen molar-refractivity contribution in [2.75, 3.05) is 37.9 Å². The summed E-state index contributed by atoms with van der Waals surface area (Å²) in [5, 5.41) is -0.906. The Bertz CT molecular complexity index is 343. The Hall–Kier alpha value is 0.650. The van der Waals surface area contributed by atoms with E-state index in [0.29, 0.717) is 5.75 Å². The van der Waals surface area contributed by atoms with Crippen LogP contribution in [0.3, 0.4) is 0 Å². The van der Waals surface area contributed by atoms with Gasteiger partial charge in [-0.1, -0.05) is 13.3 Å². The van der Waals surface area contributed by atoms with E-state index in [2.05, 4.69) is 6.92 Å². The maximum atomic E-state index is 13.2. The van der Waals surface area contributed by atoms with Crippen LogP contribution in [-0.4, -0.2) is 43.3 Å². The standard InChI is InChI=1S/C14H32O6P2S/c1-6-11-12-23-13-14(21(15,17-7-2)18-8-3)22(16,19-9-4)20-10-5/h14H,6-13H2,1-5H3. The maximum Gasteiger partial charge on any atom is 0.346 e. The molecule has 0 aromatic carbocycles. The molecule has 6 nitrogen and oxygen atoms in total. The zero-order valence-corrected chi connectivity index (χ0v) is 17.6. The van der Waals surface area contributed by atoms with E-state index in [1.54, 1.807) is 39.5 Å². The molecular weight excluding hydrogens is 358 g/mol. The lowest BCUT2D eigenvalue weighted by molar-refractivity contribution is 0.197. The van der Waals surface area contributed by atoms with E-state index in [-0.39, 0.29) is 26.4 Å². The van der Waals surface area contributed by atoms with Crippen LogP contribution >= 0.6 is 27.0 Å². The predicted octanol–water partition coefficient (Wildman–Crippen LogP) is 5.38. The number of unbranched alkanes of at least 4 members (excludes halogenated alkanes) is 1. The van der Waals surface area contributed by atoms with Crippen LogP contribution in [0, 0.1) is 0 Å². The van der Waals surface area contributed by atoms with Crippen molar-refractivity contribution in [1.82, 2.24) is 0 Å². The van der Waals surface area contributed by atoms with Crippen LogP contribution in [-0.2, 0) is 27.2 Å². The van der Waals surface area contributed by atoms with Gasteiger partial charge in [0, 0.05) is 5.75 Å². The fraction of sp³-hybridized carbons (Fsp3) is 1.00. The molecule has 0 spiro atoms. The smallest absolute Gasteiger partial charge is 0.308 e. The number of thioether (sulfide) groups is 1. The molecule has 0 fully saturated rings. The van der Waals surface area contributed by atoms with Gasteiger partial charge in [-0.2, -0.15) is 11.8 Å². The van der Waals surface area contributed by atoms with Crippen molar-refractivity contribution in [2.24, 2.45) is 0 Å². The molecule has 0 bridgehead atoms. The number of rotatable bonds is 15. The van der Waals surface area contributed by atoms with Crippen LogP contribution in [0.5, 0.6) is 0 Å². The maximum absolute atomic E-state index is 13.2. The van der Waals surface area contributed by atoms with Crippen LogP contribution in [0.15, 0.2) is 0 Å². The van der Waals surface area contributed by atoms with Crippen molar-refractivity contribution in [3.05, 3.63) is 0 Å². The van der Waals surface area contributed by atoms with Gasteiger partial charge in [-0.25, -0.2) is 0 Å². The summed E-state index contributed by atoms with van der Waals surface area (Å²) in [5.74, 6) is 1.25. The molecule has 0 rings (SSSR count). The molecule has 0 atom stereocenters.